The van der Waals surface area contributed by atoms with E-state index in [1.807, 2.05) is 0 Å². The van der Waals surface area contributed by atoms with Gasteiger partial charge in [-0.1, -0.05) is 0 Å². The van der Waals surface area contributed by atoms with Crippen molar-refractivity contribution in [3.8, 4) is 0 Å². The summed E-state index contributed by atoms with van der Waals surface area (Å²) in [7, 11) is 0. The second kappa shape index (κ2) is 4.20. The minimum Gasteiger partial charge on any atom is -0.465 e. The second-order valence-electron chi connectivity index (χ2n) is 6.25. The van der Waals surface area contributed by atoms with Crippen LogP contribution < -0.4 is 0 Å². The molecule has 0 radical (unpaired) electrons. The van der Waals surface area contributed by atoms with Crippen molar-refractivity contribution in [2.45, 2.75) is 62.9 Å². The Bertz CT molecular complexity index is 356. The molecule has 2 aliphatic carbocycles. The number of hydrogen-bond donors (Lipinski definition) is 0. The van der Waals surface area contributed by atoms with E-state index in [2.05, 4.69) is 0 Å². The Hall–Kier alpha value is -0.610. The van der Waals surface area contributed by atoms with Crippen LogP contribution in [0.2, 0.25) is 0 Å². The van der Waals surface area contributed by atoms with Gasteiger partial charge in [-0.25, -0.2) is 0 Å². The van der Waals surface area contributed by atoms with Crippen LogP contribution in [-0.2, 0) is 19.0 Å². The van der Waals surface area contributed by atoms with Crippen LogP contribution in [0.1, 0.15) is 38.5 Å². The lowest BCUT2D eigenvalue weighted by molar-refractivity contribution is -0.151. The van der Waals surface area contributed by atoms with Gasteiger partial charge in [0.1, 0.15) is 0 Å². The van der Waals surface area contributed by atoms with E-state index in [1.54, 1.807) is 0 Å². The highest BCUT2D eigenvalue weighted by molar-refractivity contribution is 5.72. The zero-order chi connectivity index (χ0) is 12.1. The van der Waals surface area contributed by atoms with Crippen molar-refractivity contribution in [1.29, 1.82) is 0 Å². The van der Waals surface area contributed by atoms with Gasteiger partial charge >= 0.3 is 5.97 Å². The Morgan fingerprint density at radius 1 is 0.944 bits per heavy atom. The van der Waals surface area contributed by atoms with Crippen LogP contribution in [0, 0.1) is 11.8 Å². The molecule has 0 unspecified atom stereocenters. The van der Waals surface area contributed by atoms with E-state index in [9.17, 15) is 4.79 Å². The smallest absolute Gasteiger partial charge is 0.309 e. The lowest BCUT2D eigenvalue weighted by atomic mass is 9.89. The van der Waals surface area contributed by atoms with E-state index in [0.717, 1.165) is 38.5 Å². The van der Waals surface area contributed by atoms with Crippen molar-refractivity contribution >= 4 is 5.97 Å². The van der Waals surface area contributed by atoms with Gasteiger partial charge in [0.15, 0.2) is 0 Å². The molecule has 4 nitrogen and oxygen atoms in total. The predicted octanol–water partition coefficient (Wildman–Crippen LogP) is 1.66. The van der Waals surface area contributed by atoms with Crippen LogP contribution in [0.5, 0.6) is 0 Å². The third-order valence-corrected chi connectivity index (χ3v) is 4.91. The average Bonchev–Trinajstić information content (AvgIpc) is 3.26. The fourth-order valence-electron chi connectivity index (χ4n) is 3.57. The Labute approximate surface area is 107 Å². The number of rotatable bonds is 3. The maximum absolute atomic E-state index is 12.0. The predicted molar refractivity (Wildman–Crippen MR) is 63.0 cm³/mol. The lowest BCUT2D eigenvalue weighted by Crippen LogP contribution is -2.27. The first-order valence-electron chi connectivity index (χ1n) is 7.27. The van der Waals surface area contributed by atoms with Crippen molar-refractivity contribution in [2.24, 2.45) is 11.8 Å². The quantitative estimate of drug-likeness (QED) is 0.566. The number of carbonyl (C=O) groups is 1. The molecule has 2 aliphatic heterocycles. The fourth-order valence-corrected chi connectivity index (χ4v) is 3.57. The molecular weight excluding hydrogens is 232 g/mol. The van der Waals surface area contributed by atoms with Gasteiger partial charge in [-0.05, 0) is 44.4 Å². The molecule has 6 atom stereocenters. The molecule has 2 heterocycles. The topological polar surface area (TPSA) is 51.4 Å². The normalized spacial score (nSPS) is 48.9. The molecule has 0 N–H and O–H groups in total. The molecule has 2 saturated heterocycles. The van der Waals surface area contributed by atoms with Crippen molar-refractivity contribution in [3.63, 3.8) is 0 Å². The summed E-state index contributed by atoms with van der Waals surface area (Å²) in [6.07, 6.45) is 8.03. The van der Waals surface area contributed by atoms with Gasteiger partial charge < -0.3 is 14.2 Å². The minimum atomic E-state index is 0.00258. The van der Waals surface area contributed by atoms with E-state index in [0.29, 0.717) is 36.9 Å². The maximum atomic E-state index is 12.0. The molecule has 0 aromatic carbocycles. The number of hydrogen-bond acceptors (Lipinski definition) is 4. The molecular formula is C14H20O4. The number of ether oxygens (including phenoxy) is 3. The standard InChI is InChI=1S/C14H20O4/c15-14(9-2-4-11-13(6-9)18-11)16-7-8-1-3-10-12(5-8)17-10/h8-13H,1-7H2/t8-,9-,10+,11-,12-,13+/m1/s1. The number of esters is 1. The average molecular weight is 252 g/mol. The molecule has 0 bridgehead atoms. The minimum absolute atomic E-state index is 0.00258. The highest BCUT2D eigenvalue weighted by atomic mass is 16.6. The molecule has 100 valence electrons. The van der Waals surface area contributed by atoms with Crippen LogP contribution in [0.25, 0.3) is 0 Å². The molecule has 4 aliphatic rings. The first-order valence-corrected chi connectivity index (χ1v) is 7.27. The largest absolute Gasteiger partial charge is 0.465 e. The molecule has 4 rings (SSSR count). The third kappa shape index (κ3) is 2.16. The van der Waals surface area contributed by atoms with Gasteiger partial charge in [0.05, 0.1) is 36.9 Å². The molecule has 18 heavy (non-hydrogen) atoms. The zero-order valence-corrected chi connectivity index (χ0v) is 10.5. The Morgan fingerprint density at radius 3 is 2.39 bits per heavy atom. The molecule has 0 aromatic rings. The van der Waals surface area contributed by atoms with Gasteiger partial charge in [0, 0.05) is 0 Å². The summed E-state index contributed by atoms with van der Waals surface area (Å²) in [5.41, 5.74) is 0. The molecule has 2 saturated carbocycles. The van der Waals surface area contributed by atoms with Crippen molar-refractivity contribution < 1.29 is 19.0 Å². The third-order valence-electron chi connectivity index (χ3n) is 4.91. The zero-order valence-electron chi connectivity index (χ0n) is 10.5. The van der Waals surface area contributed by atoms with Gasteiger partial charge in [0.2, 0.25) is 0 Å². The van der Waals surface area contributed by atoms with Gasteiger partial charge in [-0.15, -0.1) is 0 Å². The summed E-state index contributed by atoms with van der Waals surface area (Å²) in [6.45, 7) is 0.594. The van der Waals surface area contributed by atoms with Crippen LogP contribution >= 0.6 is 0 Å². The molecule has 4 heteroatoms. The SMILES string of the molecule is O=C(OC[C@@H]1CC[C@@H]2O[C@@H]2C1)[C@@H]1CC[C@H]2O[C@H]2C1. The van der Waals surface area contributed by atoms with Crippen LogP contribution in [-0.4, -0.2) is 37.0 Å². The van der Waals surface area contributed by atoms with Gasteiger partial charge in [0.25, 0.3) is 0 Å². The van der Waals surface area contributed by atoms with E-state index in [1.165, 1.54) is 0 Å². The first kappa shape index (κ1) is 11.2. The summed E-state index contributed by atoms with van der Waals surface area (Å²) in [6, 6.07) is 0. The number of carbonyl (C=O) groups excluding carboxylic acids is 1. The maximum Gasteiger partial charge on any atom is 0.309 e. The number of epoxide rings is 2. The Kier molecular flexibility index (Phi) is 2.62. The summed E-state index contributed by atoms with van der Waals surface area (Å²) < 4.78 is 16.4. The highest BCUT2D eigenvalue weighted by Gasteiger charge is 2.47. The molecule has 0 aromatic heterocycles. The van der Waals surface area contributed by atoms with Crippen molar-refractivity contribution in [3.05, 3.63) is 0 Å². The van der Waals surface area contributed by atoms with Crippen LogP contribution in [0.4, 0.5) is 0 Å². The summed E-state index contributed by atoms with van der Waals surface area (Å²) in [5, 5.41) is 0. The van der Waals surface area contributed by atoms with Crippen molar-refractivity contribution in [1.82, 2.24) is 0 Å². The van der Waals surface area contributed by atoms with Gasteiger partial charge in [-0.2, -0.15) is 0 Å². The van der Waals surface area contributed by atoms with E-state index >= 15 is 0 Å². The van der Waals surface area contributed by atoms with E-state index in [-0.39, 0.29) is 11.9 Å². The van der Waals surface area contributed by atoms with Crippen molar-refractivity contribution in [2.75, 3.05) is 6.61 Å². The second-order valence-corrected chi connectivity index (χ2v) is 6.25. The van der Waals surface area contributed by atoms with E-state index < -0.39 is 0 Å². The number of fused-ring (bicyclic) bond motifs is 2. The van der Waals surface area contributed by atoms with Crippen LogP contribution in [0.3, 0.4) is 0 Å². The Balaban J connectivity index is 1.23. The summed E-state index contributed by atoms with van der Waals surface area (Å²) in [4.78, 5) is 12.0. The molecule has 4 fully saturated rings. The lowest BCUT2D eigenvalue weighted by Gasteiger charge is -2.21. The fraction of sp³-hybridized carbons (Fsp3) is 0.929. The Morgan fingerprint density at radius 2 is 1.67 bits per heavy atom. The first-order chi connectivity index (χ1) is 8.79. The monoisotopic (exact) mass is 252 g/mol. The van der Waals surface area contributed by atoms with E-state index in [4.69, 9.17) is 14.2 Å². The van der Waals surface area contributed by atoms with Crippen LogP contribution in [0.15, 0.2) is 0 Å². The summed E-state index contributed by atoms with van der Waals surface area (Å²) in [5.74, 6) is 0.608. The van der Waals surface area contributed by atoms with Gasteiger partial charge in [-0.3, -0.25) is 4.79 Å². The summed E-state index contributed by atoms with van der Waals surface area (Å²) >= 11 is 0. The highest BCUT2D eigenvalue weighted by Crippen LogP contribution is 2.41. The molecule has 0 amide bonds. The molecule has 0 spiro atoms.